The fourth-order valence-corrected chi connectivity index (χ4v) is 3.95. The van der Waals surface area contributed by atoms with Crippen LogP contribution in [0.25, 0.3) is 10.9 Å². The minimum atomic E-state index is -0.116. The van der Waals surface area contributed by atoms with E-state index in [2.05, 4.69) is 4.98 Å². The van der Waals surface area contributed by atoms with Gasteiger partial charge in [0.15, 0.2) is 0 Å². The van der Waals surface area contributed by atoms with Crippen LogP contribution in [0.5, 0.6) is 0 Å². The Balaban J connectivity index is 1.73. The number of ether oxygens (including phenoxy) is 1. The Morgan fingerprint density at radius 3 is 3.00 bits per heavy atom. The van der Waals surface area contributed by atoms with Gasteiger partial charge in [-0.15, -0.1) is 11.3 Å². The molecular weight excluding hydrogens is 322 g/mol. The number of fused-ring (bicyclic) bond motifs is 1. The number of aryl methyl sites for hydroxylation is 2. The first-order valence-electron chi connectivity index (χ1n) is 8.00. The van der Waals surface area contributed by atoms with Gasteiger partial charge >= 0.3 is 0 Å². The number of benzene rings is 1. The summed E-state index contributed by atoms with van der Waals surface area (Å²) in [6, 6.07) is 7.89. The number of hydrogen-bond donors (Lipinski definition) is 0. The molecule has 0 spiro atoms. The van der Waals surface area contributed by atoms with Crippen molar-refractivity contribution in [2.75, 3.05) is 19.8 Å². The third-order valence-electron chi connectivity index (χ3n) is 4.49. The SMILES string of the molecule is Cc1nc([C@H]2COCCN2C(=O)c2cn(C)c3ccccc23)cs1. The van der Waals surface area contributed by atoms with Crippen LogP contribution >= 0.6 is 11.3 Å². The van der Waals surface area contributed by atoms with Gasteiger partial charge in [0.05, 0.1) is 35.5 Å². The molecule has 124 valence electrons. The zero-order valence-electron chi connectivity index (χ0n) is 13.7. The molecule has 6 heteroatoms. The van der Waals surface area contributed by atoms with Gasteiger partial charge in [0.1, 0.15) is 0 Å². The number of amides is 1. The van der Waals surface area contributed by atoms with Crippen molar-refractivity contribution in [2.24, 2.45) is 7.05 Å². The molecular formula is C18H19N3O2S. The van der Waals surface area contributed by atoms with Gasteiger partial charge in [0, 0.05) is 36.1 Å². The van der Waals surface area contributed by atoms with E-state index >= 15 is 0 Å². The lowest BCUT2D eigenvalue weighted by Gasteiger charge is -2.34. The molecule has 0 N–H and O–H groups in total. The lowest BCUT2D eigenvalue weighted by molar-refractivity contribution is -0.00366. The molecule has 1 aliphatic rings. The molecule has 0 aliphatic carbocycles. The molecule has 1 saturated heterocycles. The molecule has 2 aromatic heterocycles. The summed E-state index contributed by atoms with van der Waals surface area (Å²) >= 11 is 1.61. The predicted molar refractivity (Wildman–Crippen MR) is 94.4 cm³/mol. The number of carbonyl (C=O) groups excluding carboxylic acids is 1. The minimum absolute atomic E-state index is 0.0470. The summed E-state index contributed by atoms with van der Waals surface area (Å²) in [5.41, 5.74) is 2.73. The number of thiazole rings is 1. The average molecular weight is 341 g/mol. The lowest BCUT2D eigenvalue weighted by atomic mass is 10.1. The third kappa shape index (κ3) is 2.52. The first-order valence-corrected chi connectivity index (χ1v) is 8.88. The van der Waals surface area contributed by atoms with Crippen LogP contribution in [0.2, 0.25) is 0 Å². The fourth-order valence-electron chi connectivity index (χ4n) is 3.29. The number of rotatable bonds is 2. The van der Waals surface area contributed by atoms with Crippen LogP contribution in [-0.4, -0.2) is 40.1 Å². The van der Waals surface area contributed by atoms with Crippen LogP contribution in [0.1, 0.15) is 27.1 Å². The fraction of sp³-hybridized carbons (Fsp3) is 0.333. The van der Waals surface area contributed by atoms with Crippen molar-refractivity contribution in [3.05, 3.63) is 52.1 Å². The van der Waals surface area contributed by atoms with Crippen LogP contribution in [-0.2, 0) is 11.8 Å². The maximum Gasteiger partial charge on any atom is 0.256 e. The normalized spacial score (nSPS) is 18.2. The van der Waals surface area contributed by atoms with E-state index in [0.29, 0.717) is 19.8 Å². The Hall–Kier alpha value is -2.18. The van der Waals surface area contributed by atoms with Crippen molar-refractivity contribution in [1.82, 2.24) is 14.5 Å². The van der Waals surface area contributed by atoms with Crippen LogP contribution < -0.4 is 0 Å². The van der Waals surface area contributed by atoms with E-state index in [-0.39, 0.29) is 11.9 Å². The number of aromatic nitrogens is 2. The third-order valence-corrected chi connectivity index (χ3v) is 5.29. The van der Waals surface area contributed by atoms with E-state index in [9.17, 15) is 4.79 Å². The molecule has 3 heterocycles. The van der Waals surface area contributed by atoms with E-state index in [1.165, 1.54) is 0 Å². The highest BCUT2D eigenvalue weighted by Gasteiger charge is 2.32. The van der Waals surface area contributed by atoms with Crippen molar-refractivity contribution < 1.29 is 9.53 Å². The van der Waals surface area contributed by atoms with Crippen LogP contribution in [0.3, 0.4) is 0 Å². The second-order valence-electron chi connectivity index (χ2n) is 6.05. The second-order valence-corrected chi connectivity index (χ2v) is 7.11. The van der Waals surface area contributed by atoms with Crippen LogP contribution in [0.15, 0.2) is 35.8 Å². The molecule has 0 radical (unpaired) electrons. The molecule has 1 fully saturated rings. The molecule has 1 aromatic carbocycles. The van der Waals surface area contributed by atoms with Crippen molar-refractivity contribution in [3.63, 3.8) is 0 Å². The van der Waals surface area contributed by atoms with Gasteiger partial charge in [-0.1, -0.05) is 18.2 Å². The molecule has 4 rings (SSSR count). The van der Waals surface area contributed by atoms with E-state index in [0.717, 1.165) is 27.2 Å². The zero-order chi connectivity index (χ0) is 16.7. The first-order chi connectivity index (χ1) is 11.6. The highest BCUT2D eigenvalue weighted by atomic mass is 32.1. The Kier molecular flexibility index (Phi) is 3.86. The summed E-state index contributed by atoms with van der Waals surface area (Å²) in [4.78, 5) is 19.7. The van der Waals surface area contributed by atoms with E-state index in [4.69, 9.17) is 4.74 Å². The molecule has 5 nitrogen and oxygen atoms in total. The highest BCUT2D eigenvalue weighted by Crippen LogP contribution is 2.29. The number of carbonyl (C=O) groups is 1. The number of nitrogens with zero attached hydrogens (tertiary/aromatic N) is 3. The predicted octanol–water partition coefficient (Wildman–Crippen LogP) is 3.16. The molecule has 1 aliphatic heterocycles. The van der Waals surface area contributed by atoms with Gasteiger partial charge in [0.2, 0.25) is 0 Å². The van der Waals surface area contributed by atoms with E-state index in [1.807, 2.05) is 59.3 Å². The monoisotopic (exact) mass is 341 g/mol. The Morgan fingerprint density at radius 1 is 1.38 bits per heavy atom. The summed E-state index contributed by atoms with van der Waals surface area (Å²) < 4.78 is 7.63. The summed E-state index contributed by atoms with van der Waals surface area (Å²) in [6.07, 6.45) is 1.92. The summed E-state index contributed by atoms with van der Waals surface area (Å²) in [5, 5.41) is 4.02. The average Bonchev–Trinajstić information content (AvgIpc) is 3.19. The largest absolute Gasteiger partial charge is 0.377 e. The van der Waals surface area contributed by atoms with Crippen molar-refractivity contribution in [3.8, 4) is 0 Å². The minimum Gasteiger partial charge on any atom is -0.377 e. The molecule has 24 heavy (non-hydrogen) atoms. The summed E-state index contributed by atoms with van der Waals surface area (Å²) in [6.45, 7) is 3.63. The number of morpholine rings is 1. The molecule has 0 unspecified atom stereocenters. The number of hydrogen-bond acceptors (Lipinski definition) is 4. The molecule has 0 bridgehead atoms. The quantitative estimate of drug-likeness (QED) is 0.719. The standard InChI is InChI=1S/C18H19N3O2S/c1-12-19-15(11-24-12)17-10-23-8-7-21(17)18(22)14-9-20(2)16-6-4-3-5-13(14)16/h3-6,9,11,17H,7-8,10H2,1-2H3/t17-/m1/s1. The Labute approximate surface area is 144 Å². The molecule has 3 aromatic rings. The van der Waals surface area contributed by atoms with Crippen molar-refractivity contribution in [2.45, 2.75) is 13.0 Å². The summed E-state index contributed by atoms with van der Waals surface area (Å²) in [7, 11) is 1.97. The maximum atomic E-state index is 13.3. The zero-order valence-corrected chi connectivity index (χ0v) is 14.5. The van der Waals surface area contributed by atoms with Gasteiger partial charge in [-0.05, 0) is 13.0 Å². The highest BCUT2D eigenvalue weighted by molar-refractivity contribution is 7.09. The van der Waals surface area contributed by atoms with Crippen molar-refractivity contribution >= 4 is 28.1 Å². The van der Waals surface area contributed by atoms with Gasteiger partial charge in [-0.2, -0.15) is 0 Å². The lowest BCUT2D eigenvalue weighted by Crippen LogP contribution is -2.43. The van der Waals surface area contributed by atoms with E-state index < -0.39 is 0 Å². The summed E-state index contributed by atoms with van der Waals surface area (Å²) in [5.74, 6) is 0.0470. The van der Waals surface area contributed by atoms with Crippen molar-refractivity contribution in [1.29, 1.82) is 0 Å². The van der Waals surface area contributed by atoms with Gasteiger partial charge in [-0.3, -0.25) is 4.79 Å². The smallest absolute Gasteiger partial charge is 0.256 e. The van der Waals surface area contributed by atoms with Crippen LogP contribution in [0, 0.1) is 6.92 Å². The van der Waals surface area contributed by atoms with Gasteiger partial charge in [-0.25, -0.2) is 4.98 Å². The van der Waals surface area contributed by atoms with Gasteiger partial charge in [0.25, 0.3) is 5.91 Å². The topological polar surface area (TPSA) is 47.4 Å². The Morgan fingerprint density at radius 2 is 2.21 bits per heavy atom. The van der Waals surface area contributed by atoms with E-state index in [1.54, 1.807) is 11.3 Å². The van der Waals surface area contributed by atoms with Crippen LogP contribution in [0.4, 0.5) is 0 Å². The first kappa shape index (κ1) is 15.4. The maximum absolute atomic E-state index is 13.3. The Bertz CT molecular complexity index is 899. The second kappa shape index (κ2) is 6.03. The van der Waals surface area contributed by atoms with Gasteiger partial charge < -0.3 is 14.2 Å². The molecule has 1 amide bonds. The molecule has 0 saturated carbocycles. The molecule has 1 atom stereocenters. The number of para-hydroxylation sites is 1.